The summed E-state index contributed by atoms with van der Waals surface area (Å²) in [4.78, 5) is 21.5. The molecule has 0 amide bonds. The predicted octanol–water partition coefficient (Wildman–Crippen LogP) is 19.9. The molecule has 0 aliphatic heterocycles. The van der Waals surface area contributed by atoms with Gasteiger partial charge in [0.1, 0.15) is 65.1 Å². The second-order valence-electron chi connectivity index (χ2n) is 32.9. The van der Waals surface area contributed by atoms with Crippen molar-refractivity contribution < 1.29 is 89.8 Å². The average Bonchev–Trinajstić information content (AvgIpc) is 0.926. The van der Waals surface area contributed by atoms with Crippen LogP contribution in [0.3, 0.4) is 0 Å². The summed E-state index contributed by atoms with van der Waals surface area (Å²) in [5, 5.41) is 0. The van der Waals surface area contributed by atoms with Crippen LogP contribution in [0.1, 0.15) is 388 Å². The normalized spacial score (nSPS) is 13.6. The molecule has 640 valence electrons. The van der Waals surface area contributed by atoms with Crippen molar-refractivity contribution in [2.45, 2.75) is 400 Å². The number of ether oxygens (including phenoxy) is 4. The first-order valence-corrected chi connectivity index (χ1v) is 47.0. The molecule has 0 saturated heterocycles. The van der Waals surface area contributed by atoms with Crippen LogP contribution in [0.5, 0.6) is 0 Å². The van der Waals surface area contributed by atoms with E-state index < -0.39 is 15.9 Å². The van der Waals surface area contributed by atoms with Crippen molar-refractivity contribution in [3.63, 3.8) is 0 Å². The zero-order chi connectivity index (χ0) is 72.6. The third kappa shape index (κ3) is 105. The van der Waals surface area contributed by atoms with Crippen LogP contribution in [0.2, 0.25) is 0 Å². The zero-order valence-electron chi connectivity index (χ0n) is 71.7. The quantitative estimate of drug-likeness (QED) is 0.0347. The molecular formula is C84H188Br2N2O10P2S4+2. The van der Waals surface area contributed by atoms with Gasteiger partial charge in [0.15, 0.2) is 0 Å². The lowest BCUT2D eigenvalue weighted by Gasteiger charge is -2.24. The largest absolute Gasteiger partial charge is 1.00 e. The SMILES string of the molecule is CCCCCCCCCCCCCCCCO[C@H](COCCCCCCCCCCCCCC[C@H](C)CCC(C)C)CO[P+](C)(O)OCC[N+](C)(C)C.CCCCCCCCCCCCCCCOC[C@H](CO[P+](C)(O)OCC[N+](C)(C)C)OCCCCCCCCCCCCCC.S.S.S.S.[Br-].[Br-]. The third-order valence-electron chi connectivity index (χ3n) is 19.4. The number of quaternary nitrogens is 2. The van der Waals surface area contributed by atoms with E-state index in [2.05, 4.69) is 83.8 Å². The van der Waals surface area contributed by atoms with Gasteiger partial charge in [0.25, 0.3) is 0 Å². The van der Waals surface area contributed by atoms with Crippen LogP contribution < -0.4 is 34.0 Å². The van der Waals surface area contributed by atoms with Gasteiger partial charge in [-0.25, -0.2) is 0 Å². The molecule has 2 unspecified atom stereocenters. The molecule has 0 aromatic rings. The molecule has 12 nitrogen and oxygen atoms in total. The summed E-state index contributed by atoms with van der Waals surface area (Å²) in [7, 11) is 6.95. The number of nitrogens with zero attached hydrogens (tertiary/aromatic N) is 2. The summed E-state index contributed by atoms with van der Waals surface area (Å²) in [6.07, 6.45) is 72.7. The Morgan fingerprint density at radius 3 is 0.721 bits per heavy atom. The van der Waals surface area contributed by atoms with Gasteiger partial charge in [-0.1, -0.05) is 363 Å². The second-order valence-corrected chi connectivity index (χ2v) is 37.1. The van der Waals surface area contributed by atoms with Crippen LogP contribution in [-0.2, 0) is 37.0 Å². The molecule has 0 spiro atoms. The number of hydrogen-bond acceptors (Lipinski definition) is 10. The Kier molecular flexibility index (Phi) is 107. The van der Waals surface area contributed by atoms with Gasteiger partial charge in [-0.2, -0.15) is 81.9 Å². The smallest absolute Gasteiger partial charge is 0.405 e. The van der Waals surface area contributed by atoms with Gasteiger partial charge in [-0.15, -0.1) is 0 Å². The molecule has 0 heterocycles. The molecule has 0 aliphatic rings. The van der Waals surface area contributed by atoms with E-state index in [9.17, 15) is 9.79 Å². The van der Waals surface area contributed by atoms with Gasteiger partial charge in [0, 0.05) is 26.4 Å². The predicted molar refractivity (Wildman–Crippen MR) is 473 cm³/mol. The zero-order valence-corrected chi connectivity index (χ0v) is 80.6. The summed E-state index contributed by atoms with van der Waals surface area (Å²) in [6.45, 7) is 24.5. The van der Waals surface area contributed by atoms with E-state index in [4.69, 9.17) is 37.0 Å². The maximum absolute atomic E-state index is 10.8. The summed E-state index contributed by atoms with van der Waals surface area (Å²) in [5.41, 5.74) is 0. The summed E-state index contributed by atoms with van der Waals surface area (Å²) < 4.78 is 49.4. The van der Waals surface area contributed by atoms with Crippen molar-refractivity contribution in [1.29, 1.82) is 0 Å². The highest BCUT2D eigenvalue weighted by atomic mass is 79.9. The van der Waals surface area contributed by atoms with Crippen LogP contribution >= 0.6 is 69.9 Å². The van der Waals surface area contributed by atoms with Crippen LogP contribution in [0.4, 0.5) is 0 Å². The lowest BCUT2D eigenvalue weighted by molar-refractivity contribution is -0.870. The lowest BCUT2D eigenvalue weighted by Crippen LogP contribution is -3.00. The van der Waals surface area contributed by atoms with Gasteiger partial charge in [-0.05, 0) is 37.5 Å². The molecule has 2 N–H and O–H groups in total. The molecule has 5 atom stereocenters. The molecule has 0 rings (SSSR count). The molecule has 104 heavy (non-hydrogen) atoms. The van der Waals surface area contributed by atoms with Gasteiger partial charge in [0.05, 0.1) is 55.5 Å². The van der Waals surface area contributed by atoms with Crippen molar-refractivity contribution in [2.24, 2.45) is 11.8 Å². The second kappa shape index (κ2) is 91.3. The van der Waals surface area contributed by atoms with E-state index in [1.54, 1.807) is 13.3 Å². The highest BCUT2D eigenvalue weighted by Crippen LogP contribution is 2.53. The molecule has 0 fully saturated rings. The van der Waals surface area contributed by atoms with Crippen molar-refractivity contribution in [3.05, 3.63) is 0 Å². The number of halogens is 2. The van der Waals surface area contributed by atoms with Crippen LogP contribution in [0.25, 0.3) is 0 Å². The molecule has 0 aliphatic carbocycles. The average molecular weight is 1740 g/mol. The number of likely N-dealkylation sites (N-methyl/N-ethyl adjacent to an activating group) is 2. The van der Waals surface area contributed by atoms with Crippen LogP contribution in [-0.4, -0.2) is 166 Å². The van der Waals surface area contributed by atoms with Gasteiger partial charge in [0.2, 0.25) is 0 Å². The van der Waals surface area contributed by atoms with Crippen LogP contribution in [0, 0.1) is 11.8 Å². The Morgan fingerprint density at radius 1 is 0.269 bits per heavy atom. The van der Waals surface area contributed by atoms with E-state index in [1.165, 1.54) is 321 Å². The Hall–Kier alpha value is 2.74. The lowest BCUT2D eigenvalue weighted by atomic mass is 9.94. The van der Waals surface area contributed by atoms with Crippen molar-refractivity contribution in [3.8, 4) is 0 Å². The first-order valence-electron chi connectivity index (χ1n) is 42.9. The fourth-order valence-electron chi connectivity index (χ4n) is 12.4. The molecule has 0 aromatic heterocycles. The Labute approximate surface area is 701 Å². The van der Waals surface area contributed by atoms with Crippen molar-refractivity contribution in [1.82, 2.24) is 0 Å². The molecular weight excluding hydrogens is 1550 g/mol. The molecule has 0 radical (unpaired) electrons. The molecule has 0 saturated carbocycles. The maximum Gasteiger partial charge on any atom is 0.405 e. The maximum atomic E-state index is 10.8. The fraction of sp³-hybridized carbons (Fsp3) is 1.00. The van der Waals surface area contributed by atoms with E-state index >= 15 is 0 Å². The van der Waals surface area contributed by atoms with E-state index in [-0.39, 0.29) is 100 Å². The van der Waals surface area contributed by atoms with Crippen LogP contribution in [0.15, 0.2) is 0 Å². The number of hydrogen-bond donors (Lipinski definition) is 2. The van der Waals surface area contributed by atoms with E-state index in [0.717, 1.165) is 86.0 Å². The number of rotatable bonds is 80. The fourth-order valence-corrected chi connectivity index (χ4v) is 14.3. The first-order chi connectivity index (χ1) is 47.1. The minimum Gasteiger partial charge on any atom is -1.00 e. The van der Waals surface area contributed by atoms with Crippen molar-refractivity contribution >= 4 is 69.9 Å². The van der Waals surface area contributed by atoms with Gasteiger partial charge >= 0.3 is 15.9 Å². The highest BCUT2D eigenvalue weighted by Gasteiger charge is 2.37. The number of unbranched alkanes of at least 4 members (excludes halogenated alkanes) is 47. The monoisotopic (exact) mass is 1730 g/mol. The Balaban J connectivity index is -0.000000282. The van der Waals surface area contributed by atoms with E-state index in [1.807, 2.05) is 0 Å². The van der Waals surface area contributed by atoms with Crippen molar-refractivity contribution in [2.75, 3.05) is 135 Å². The molecule has 0 aromatic carbocycles. The van der Waals surface area contributed by atoms with Gasteiger partial charge < -0.3 is 61.9 Å². The third-order valence-corrected chi connectivity index (χ3v) is 21.9. The Morgan fingerprint density at radius 2 is 0.490 bits per heavy atom. The minimum absolute atomic E-state index is 0. The summed E-state index contributed by atoms with van der Waals surface area (Å²) >= 11 is 0. The van der Waals surface area contributed by atoms with E-state index in [0.29, 0.717) is 39.6 Å². The summed E-state index contributed by atoms with van der Waals surface area (Å²) in [5.74, 6) is 1.77. The molecule has 0 bridgehead atoms. The first kappa shape index (κ1) is 122. The Bertz CT molecular complexity index is 1580. The minimum atomic E-state index is -2.89. The highest BCUT2D eigenvalue weighted by molar-refractivity contribution is 7.60. The topological polar surface area (TPSA) is 114 Å². The standard InChI is InChI=1S/C46H98NO5P.C38H82NO5P.2BrH.4H2S/c1-9-10-11-12-13-14-15-16-18-22-25-28-31-34-40-50-46(43-52-53(8,48)51-41-38-47(5,6)7)42-49-39-33-30-27-24-21-19-17-20-23-26-29-32-35-45(4)37-36-44(2)3;1-7-9-11-13-15-17-19-21-22-24-26-28-30-33-41-36-38(37-44-45(6,40)43-35-32-39(3,4)5)42-34-31-29-27-25-23-20-18-16-14-12-10-8-2;;;;;;/h44-46,48H,9-43H2,1-8H3;38,40H,7-37H2,1-6H3;2*1H;4*1H2/q2*+2;;;;;;/p-2/t45-,46+,53?;38-,45?;;;;;;/m01....../s1. The summed E-state index contributed by atoms with van der Waals surface area (Å²) in [6, 6.07) is 0. The molecule has 20 heteroatoms. The van der Waals surface area contributed by atoms with Gasteiger partial charge in [-0.3, -0.25) is 0 Å².